The highest BCUT2D eigenvalue weighted by Gasteiger charge is 2.53. The summed E-state index contributed by atoms with van der Waals surface area (Å²) in [7, 11) is 0. The lowest BCUT2D eigenvalue weighted by Gasteiger charge is -2.30. The van der Waals surface area contributed by atoms with Crippen molar-refractivity contribution in [1.82, 2.24) is 0 Å². The third-order valence-electron chi connectivity index (χ3n) is 3.31. The van der Waals surface area contributed by atoms with Crippen LogP contribution in [0.5, 0.6) is 0 Å². The minimum absolute atomic E-state index is 0.119. The third-order valence-corrected chi connectivity index (χ3v) is 3.31. The number of hydrogen-bond donors (Lipinski definition) is 0. The number of Topliss-reactive ketones (excluding diaryl/α,β-unsaturated/α-hetero) is 2. The summed E-state index contributed by atoms with van der Waals surface area (Å²) in [4.78, 5) is 37.7. The zero-order valence-corrected chi connectivity index (χ0v) is 13.2. The van der Waals surface area contributed by atoms with Gasteiger partial charge in [0.2, 0.25) is 0 Å². The minimum Gasteiger partial charge on any atom is -0.465 e. The van der Waals surface area contributed by atoms with Gasteiger partial charge in [-0.15, -0.1) is 0 Å². The molecule has 21 heavy (non-hydrogen) atoms. The largest absolute Gasteiger partial charge is 0.465 e. The van der Waals surface area contributed by atoms with Crippen molar-refractivity contribution in [2.75, 3.05) is 6.61 Å². The van der Waals surface area contributed by atoms with E-state index in [1.54, 1.807) is 58.0 Å². The maximum atomic E-state index is 12.7. The van der Waals surface area contributed by atoms with Crippen LogP contribution in [-0.2, 0) is 14.3 Å². The van der Waals surface area contributed by atoms with Crippen molar-refractivity contribution in [1.29, 1.82) is 0 Å². The zero-order chi connectivity index (χ0) is 16.3. The number of ketones is 2. The first-order valence-electron chi connectivity index (χ1n) is 6.97. The number of carbonyl (C=O) groups is 3. The fourth-order valence-electron chi connectivity index (χ4n) is 2.19. The SMILES string of the molecule is CCOC(=O)C(C)(C(=O)c1ccccc1)C(=O)C(C)(C)C. The summed E-state index contributed by atoms with van der Waals surface area (Å²) in [5, 5.41) is 0. The number of hydrogen-bond acceptors (Lipinski definition) is 4. The third kappa shape index (κ3) is 3.38. The normalized spacial score (nSPS) is 14.1. The first-order valence-corrected chi connectivity index (χ1v) is 6.97. The van der Waals surface area contributed by atoms with Gasteiger partial charge < -0.3 is 4.74 Å². The molecule has 0 aliphatic rings. The second-order valence-corrected chi connectivity index (χ2v) is 6.12. The standard InChI is InChI=1S/C17H22O4/c1-6-21-15(20)17(5,14(19)16(2,3)4)13(18)12-10-8-7-9-11-12/h7-11H,6H2,1-5H3. The first kappa shape index (κ1) is 17.1. The Bertz CT molecular complexity index is 540. The molecular formula is C17H22O4. The Morgan fingerprint density at radius 2 is 1.52 bits per heavy atom. The first-order chi connectivity index (χ1) is 9.65. The summed E-state index contributed by atoms with van der Waals surface area (Å²) in [5.74, 6) is -1.76. The van der Waals surface area contributed by atoms with Crippen LogP contribution in [0.3, 0.4) is 0 Å². The lowest BCUT2D eigenvalue weighted by atomic mass is 9.69. The molecule has 0 bridgehead atoms. The molecule has 0 aliphatic heterocycles. The molecule has 1 rings (SSSR count). The highest BCUT2D eigenvalue weighted by molar-refractivity contribution is 6.27. The molecular weight excluding hydrogens is 268 g/mol. The van der Waals surface area contributed by atoms with Crippen LogP contribution in [0, 0.1) is 10.8 Å². The van der Waals surface area contributed by atoms with Crippen LogP contribution in [0.25, 0.3) is 0 Å². The lowest BCUT2D eigenvalue weighted by molar-refractivity contribution is -0.158. The summed E-state index contributed by atoms with van der Waals surface area (Å²) in [6, 6.07) is 8.34. The van der Waals surface area contributed by atoms with Gasteiger partial charge in [-0.3, -0.25) is 14.4 Å². The maximum Gasteiger partial charge on any atom is 0.327 e. The van der Waals surface area contributed by atoms with Crippen molar-refractivity contribution in [2.24, 2.45) is 10.8 Å². The van der Waals surface area contributed by atoms with Gasteiger partial charge in [0.25, 0.3) is 0 Å². The quantitative estimate of drug-likeness (QED) is 0.475. The molecule has 0 aliphatic carbocycles. The molecule has 114 valence electrons. The molecule has 0 radical (unpaired) electrons. The van der Waals surface area contributed by atoms with Crippen molar-refractivity contribution in [3.63, 3.8) is 0 Å². The molecule has 1 aromatic rings. The van der Waals surface area contributed by atoms with Crippen LogP contribution in [0.15, 0.2) is 30.3 Å². The van der Waals surface area contributed by atoms with E-state index in [1.807, 2.05) is 0 Å². The van der Waals surface area contributed by atoms with Crippen molar-refractivity contribution in [3.05, 3.63) is 35.9 Å². The van der Waals surface area contributed by atoms with Crippen molar-refractivity contribution in [3.8, 4) is 0 Å². The monoisotopic (exact) mass is 290 g/mol. The van der Waals surface area contributed by atoms with Crippen LogP contribution in [-0.4, -0.2) is 24.1 Å². The predicted octanol–water partition coefficient (Wildman–Crippen LogP) is 3.05. The molecule has 1 atom stereocenters. The van der Waals surface area contributed by atoms with Crippen molar-refractivity contribution < 1.29 is 19.1 Å². The molecule has 0 aromatic heterocycles. The van der Waals surface area contributed by atoms with E-state index in [0.29, 0.717) is 5.56 Å². The molecule has 0 amide bonds. The Labute approximate surface area is 125 Å². The molecule has 0 saturated carbocycles. The Balaban J connectivity index is 3.36. The highest BCUT2D eigenvalue weighted by atomic mass is 16.5. The number of rotatable bonds is 5. The van der Waals surface area contributed by atoms with Crippen LogP contribution in [0.4, 0.5) is 0 Å². The van der Waals surface area contributed by atoms with Crippen LogP contribution < -0.4 is 0 Å². The van der Waals surface area contributed by atoms with Crippen molar-refractivity contribution >= 4 is 17.5 Å². The minimum atomic E-state index is -1.82. The Hall–Kier alpha value is -1.97. The summed E-state index contributed by atoms with van der Waals surface area (Å²) >= 11 is 0. The van der Waals surface area contributed by atoms with Gasteiger partial charge in [-0.2, -0.15) is 0 Å². The second-order valence-electron chi connectivity index (χ2n) is 6.12. The molecule has 1 aromatic carbocycles. The summed E-state index contributed by atoms with van der Waals surface area (Å²) in [6.07, 6.45) is 0. The van der Waals surface area contributed by atoms with Gasteiger partial charge in [-0.25, -0.2) is 0 Å². The van der Waals surface area contributed by atoms with E-state index in [2.05, 4.69) is 0 Å². The predicted molar refractivity (Wildman–Crippen MR) is 80.0 cm³/mol. The van der Waals surface area contributed by atoms with Gasteiger partial charge >= 0.3 is 5.97 Å². The molecule has 0 spiro atoms. The molecule has 0 fully saturated rings. The van der Waals surface area contributed by atoms with Gasteiger partial charge in [-0.05, 0) is 13.8 Å². The molecule has 0 N–H and O–H groups in total. The maximum absolute atomic E-state index is 12.7. The number of ether oxygens (including phenoxy) is 1. The average Bonchev–Trinajstić information content (AvgIpc) is 2.45. The van der Waals surface area contributed by atoms with Gasteiger partial charge in [-0.1, -0.05) is 51.1 Å². The fraction of sp³-hybridized carbons (Fsp3) is 0.471. The Morgan fingerprint density at radius 1 is 1.00 bits per heavy atom. The van der Waals surface area contributed by atoms with Gasteiger partial charge in [0.05, 0.1) is 6.61 Å². The van der Waals surface area contributed by atoms with E-state index in [9.17, 15) is 14.4 Å². The molecule has 4 nitrogen and oxygen atoms in total. The van der Waals surface area contributed by atoms with Gasteiger partial charge in [0.1, 0.15) is 0 Å². The summed E-state index contributed by atoms with van der Waals surface area (Å²) in [6.45, 7) is 8.18. The van der Waals surface area contributed by atoms with Crippen LogP contribution in [0.1, 0.15) is 45.0 Å². The van der Waals surface area contributed by atoms with E-state index >= 15 is 0 Å². The van der Waals surface area contributed by atoms with E-state index in [1.165, 1.54) is 6.92 Å². The van der Waals surface area contributed by atoms with E-state index < -0.39 is 28.4 Å². The molecule has 0 heterocycles. The van der Waals surface area contributed by atoms with Crippen molar-refractivity contribution in [2.45, 2.75) is 34.6 Å². The Kier molecular flexibility index (Phi) is 5.05. The lowest BCUT2D eigenvalue weighted by Crippen LogP contribution is -2.49. The molecule has 4 heteroatoms. The van der Waals surface area contributed by atoms with E-state index in [0.717, 1.165) is 0 Å². The second kappa shape index (κ2) is 6.20. The van der Waals surface area contributed by atoms with Gasteiger partial charge in [0.15, 0.2) is 17.0 Å². The Morgan fingerprint density at radius 3 is 1.95 bits per heavy atom. The van der Waals surface area contributed by atoms with E-state index in [-0.39, 0.29) is 6.61 Å². The van der Waals surface area contributed by atoms with Crippen LogP contribution >= 0.6 is 0 Å². The topological polar surface area (TPSA) is 60.4 Å². The van der Waals surface area contributed by atoms with E-state index in [4.69, 9.17) is 4.74 Å². The number of esters is 1. The highest BCUT2D eigenvalue weighted by Crippen LogP contribution is 2.34. The molecule has 1 unspecified atom stereocenters. The van der Waals surface area contributed by atoms with Gasteiger partial charge in [0, 0.05) is 11.0 Å². The summed E-state index contributed by atoms with van der Waals surface area (Å²) in [5.41, 5.74) is -2.33. The average molecular weight is 290 g/mol. The van der Waals surface area contributed by atoms with Crippen LogP contribution in [0.2, 0.25) is 0 Å². The molecule has 0 saturated heterocycles. The number of carbonyl (C=O) groups excluding carboxylic acids is 3. The fourth-order valence-corrected chi connectivity index (χ4v) is 2.19. The number of benzene rings is 1. The summed E-state index contributed by atoms with van der Waals surface area (Å²) < 4.78 is 4.99. The smallest absolute Gasteiger partial charge is 0.327 e. The zero-order valence-electron chi connectivity index (χ0n) is 13.2.